The fourth-order valence-corrected chi connectivity index (χ4v) is 1.27. The van der Waals surface area contributed by atoms with Crippen LogP contribution in [0.2, 0.25) is 0 Å². The van der Waals surface area contributed by atoms with Crippen LogP contribution >= 0.6 is 12.8 Å². The van der Waals surface area contributed by atoms with Gasteiger partial charge in [0.05, 0.1) is 0 Å². The molecular formula is C9H12N2OS. The number of aryl methyl sites for hydroxylation is 1. The Morgan fingerprint density at radius 2 is 2.15 bits per heavy atom. The Kier molecular flexibility index (Phi) is 3.19. The third kappa shape index (κ3) is 2.15. The lowest BCUT2D eigenvalue weighted by atomic mass is 10.1. The molecule has 0 aliphatic rings. The van der Waals surface area contributed by atoms with Crippen molar-refractivity contribution in [1.29, 1.82) is 0 Å². The third-order valence-corrected chi connectivity index (χ3v) is 2.09. The molecule has 1 rings (SSSR count). The van der Waals surface area contributed by atoms with E-state index >= 15 is 0 Å². The Labute approximate surface area is 83.1 Å². The van der Waals surface area contributed by atoms with Gasteiger partial charge in [0.1, 0.15) is 0 Å². The highest BCUT2D eigenvalue weighted by atomic mass is 32.1. The van der Waals surface area contributed by atoms with Crippen LogP contribution in [0.15, 0.2) is 18.2 Å². The van der Waals surface area contributed by atoms with Gasteiger partial charge in [-0.15, -0.1) is 0 Å². The SMILES string of the molecule is CNC(=O)c1ccc(C)c(NS)c1. The summed E-state index contributed by atoms with van der Waals surface area (Å²) in [6, 6.07) is 5.42. The number of hydrogen-bond acceptors (Lipinski definition) is 3. The average Bonchev–Trinajstić information content (AvgIpc) is 2.17. The monoisotopic (exact) mass is 196 g/mol. The van der Waals surface area contributed by atoms with Crippen LogP contribution in [0.5, 0.6) is 0 Å². The van der Waals surface area contributed by atoms with Crippen LogP contribution in [-0.2, 0) is 0 Å². The largest absolute Gasteiger partial charge is 0.355 e. The van der Waals surface area contributed by atoms with Gasteiger partial charge in [-0.05, 0) is 24.6 Å². The van der Waals surface area contributed by atoms with E-state index in [-0.39, 0.29) is 5.91 Å². The minimum absolute atomic E-state index is 0.0927. The van der Waals surface area contributed by atoms with E-state index < -0.39 is 0 Å². The summed E-state index contributed by atoms with van der Waals surface area (Å²) in [6.07, 6.45) is 0. The van der Waals surface area contributed by atoms with E-state index in [0.29, 0.717) is 5.56 Å². The maximum atomic E-state index is 11.2. The summed E-state index contributed by atoms with van der Waals surface area (Å²) in [5.41, 5.74) is 2.54. The van der Waals surface area contributed by atoms with Crippen LogP contribution in [-0.4, -0.2) is 13.0 Å². The second kappa shape index (κ2) is 4.18. The molecule has 0 bridgehead atoms. The van der Waals surface area contributed by atoms with Gasteiger partial charge in [0.15, 0.2) is 0 Å². The Balaban J connectivity index is 3.06. The number of benzene rings is 1. The van der Waals surface area contributed by atoms with E-state index in [2.05, 4.69) is 22.9 Å². The van der Waals surface area contributed by atoms with E-state index in [9.17, 15) is 4.79 Å². The molecule has 3 nitrogen and oxygen atoms in total. The van der Waals surface area contributed by atoms with Crippen LogP contribution < -0.4 is 10.0 Å². The number of hydrogen-bond donors (Lipinski definition) is 3. The predicted octanol–water partition coefficient (Wildman–Crippen LogP) is 1.61. The zero-order valence-electron chi connectivity index (χ0n) is 7.59. The minimum atomic E-state index is -0.0927. The summed E-state index contributed by atoms with van der Waals surface area (Å²) in [7, 11) is 1.61. The normalized spacial score (nSPS) is 9.46. The Morgan fingerprint density at radius 3 is 2.69 bits per heavy atom. The van der Waals surface area contributed by atoms with E-state index in [1.165, 1.54) is 0 Å². The van der Waals surface area contributed by atoms with Crippen LogP contribution in [0.25, 0.3) is 0 Å². The maximum absolute atomic E-state index is 11.2. The first kappa shape index (κ1) is 9.92. The molecule has 0 spiro atoms. The van der Waals surface area contributed by atoms with Crippen molar-refractivity contribution in [3.63, 3.8) is 0 Å². The zero-order chi connectivity index (χ0) is 9.84. The number of amides is 1. The van der Waals surface area contributed by atoms with Crippen molar-refractivity contribution < 1.29 is 4.79 Å². The van der Waals surface area contributed by atoms with Gasteiger partial charge in [-0.25, -0.2) is 0 Å². The molecule has 1 aromatic carbocycles. The number of carbonyl (C=O) groups excluding carboxylic acids is 1. The lowest BCUT2D eigenvalue weighted by molar-refractivity contribution is 0.0963. The average molecular weight is 196 g/mol. The predicted molar refractivity (Wildman–Crippen MR) is 57.2 cm³/mol. The molecule has 2 N–H and O–H groups in total. The van der Waals surface area contributed by atoms with Crippen molar-refractivity contribution in [1.82, 2.24) is 5.32 Å². The van der Waals surface area contributed by atoms with Gasteiger partial charge >= 0.3 is 0 Å². The standard InChI is InChI=1S/C9H12N2OS/c1-6-3-4-7(9(12)10-2)5-8(6)11-13/h3-5,11,13H,1-2H3,(H,10,12). The van der Waals surface area contributed by atoms with Crippen molar-refractivity contribution in [2.24, 2.45) is 0 Å². The molecule has 0 aliphatic heterocycles. The van der Waals surface area contributed by atoms with Crippen molar-refractivity contribution in [3.8, 4) is 0 Å². The number of rotatable bonds is 2. The van der Waals surface area contributed by atoms with E-state index in [1.54, 1.807) is 19.2 Å². The van der Waals surface area contributed by atoms with Crippen LogP contribution in [0.3, 0.4) is 0 Å². The van der Waals surface area contributed by atoms with Crippen molar-refractivity contribution in [2.45, 2.75) is 6.92 Å². The summed E-state index contributed by atoms with van der Waals surface area (Å²) in [5.74, 6) is -0.0927. The molecule has 0 aliphatic carbocycles. The smallest absolute Gasteiger partial charge is 0.251 e. The van der Waals surface area contributed by atoms with E-state index in [1.807, 2.05) is 13.0 Å². The van der Waals surface area contributed by atoms with Crippen LogP contribution in [0, 0.1) is 6.92 Å². The van der Waals surface area contributed by atoms with Crippen molar-refractivity contribution in [2.75, 3.05) is 11.8 Å². The highest BCUT2D eigenvalue weighted by Crippen LogP contribution is 2.17. The zero-order valence-corrected chi connectivity index (χ0v) is 8.48. The van der Waals surface area contributed by atoms with Gasteiger partial charge in [-0.2, -0.15) is 0 Å². The van der Waals surface area contributed by atoms with Gasteiger partial charge in [-0.3, -0.25) is 4.79 Å². The summed E-state index contributed by atoms with van der Waals surface area (Å²) in [4.78, 5) is 11.2. The molecule has 0 saturated carbocycles. The molecule has 0 fully saturated rings. The highest BCUT2D eigenvalue weighted by molar-refractivity contribution is 7.81. The summed E-state index contributed by atoms with van der Waals surface area (Å²) < 4.78 is 2.73. The Morgan fingerprint density at radius 1 is 1.46 bits per heavy atom. The van der Waals surface area contributed by atoms with Gasteiger partial charge in [0.25, 0.3) is 5.91 Å². The number of thiol groups is 1. The molecular weight excluding hydrogens is 184 g/mol. The molecule has 0 saturated heterocycles. The topological polar surface area (TPSA) is 41.1 Å². The Bertz CT molecular complexity index is 325. The highest BCUT2D eigenvalue weighted by Gasteiger charge is 2.04. The van der Waals surface area contributed by atoms with Crippen LogP contribution in [0.1, 0.15) is 15.9 Å². The van der Waals surface area contributed by atoms with Crippen molar-refractivity contribution in [3.05, 3.63) is 29.3 Å². The first-order valence-electron chi connectivity index (χ1n) is 3.92. The first-order valence-corrected chi connectivity index (χ1v) is 4.36. The van der Waals surface area contributed by atoms with E-state index in [0.717, 1.165) is 11.3 Å². The molecule has 4 heteroatoms. The lowest BCUT2D eigenvalue weighted by Gasteiger charge is -2.06. The summed E-state index contributed by atoms with van der Waals surface area (Å²) >= 11 is 3.94. The minimum Gasteiger partial charge on any atom is -0.355 e. The number of nitrogens with one attached hydrogen (secondary N) is 2. The Hall–Kier alpha value is -1.16. The fraction of sp³-hybridized carbons (Fsp3) is 0.222. The number of anilines is 1. The fourth-order valence-electron chi connectivity index (χ4n) is 1.03. The molecule has 13 heavy (non-hydrogen) atoms. The first-order chi connectivity index (χ1) is 6.19. The summed E-state index contributed by atoms with van der Waals surface area (Å²) in [5, 5.41) is 2.56. The molecule has 1 amide bonds. The summed E-state index contributed by atoms with van der Waals surface area (Å²) in [6.45, 7) is 1.95. The molecule has 0 heterocycles. The van der Waals surface area contributed by atoms with Gasteiger partial charge < -0.3 is 10.0 Å². The molecule has 0 unspecified atom stereocenters. The second-order valence-corrected chi connectivity index (χ2v) is 2.94. The quantitative estimate of drug-likeness (QED) is 0.629. The van der Waals surface area contributed by atoms with Gasteiger partial charge in [0.2, 0.25) is 0 Å². The molecule has 0 aromatic heterocycles. The van der Waals surface area contributed by atoms with Gasteiger partial charge in [0, 0.05) is 18.3 Å². The maximum Gasteiger partial charge on any atom is 0.251 e. The molecule has 0 atom stereocenters. The number of carbonyl (C=O) groups is 1. The van der Waals surface area contributed by atoms with E-state index in [4.69, 9.17) is 0 Å². The molecule has 1 aromatic rings. The van der Waals surface area contributed by atoms with Crippen molar-refractivity contribution >= 4 is 24.4 Å². The van der Waals surface area contributed by atoms with Gasteiger partial charge in [-0.1, -0.05) is 18.9 Å². The third-order valence-electron chi connectivity index (χ3n) is 1.85. The second-order valence-electron chi connectivity index (χ2n) is 2.72. The lowest BCUT2D eigenvalue weighted by Crippen LogP contribution is -2.17. The van der Waals surface area contributed by atoms with Crippen LogP contribution in [0.4, 0.5) is 5.69 Å². The molecule has 0 radical (unpaired) electrons. The molecule has 70 valence electrons.